The Morgan fingerprint density at radius 2 is 1.81 bits per heavy atom. The largest absolute Gasteiger partial charge is 0.326 e. The van der Waals surface area contributed by atoms with Gasteiger partial charge in [-0.3, -0.25) is 4.79 Å². The van der Waals surface area contributed by atoms with Gasteiger partial charge in [0, 0.05) is 29.5 Å². The number of amides is 3. The molecule has 6 heteroatoms. The lowest BCUT2D eigenvalue weighted by molar-refractivity contribution is -0.116. The van der Waals surface area contributed by atoms with Crippen LogP contribution in [-0.2, 0) is 4.79 Å². The number of benzene rings is 2. The molecule has 1 unspecified atom stereocenters. The van der Waals surface area contributed by atoms with E-state index in [-0.39, 0.29) is 18.0 Å². The molecule has 3 rings (SSSR count). The Morgan fingerprint density at radius 3 is 2.54 bits per heavy atom. The van der Waals surface area contributed by atoms with Crippen molar-refractivity contribution in [1.82, 2.24) is 5.32 Å². The van der Waals surface area contributed by atoms with Crippen molar-refractivity contribution < 1.29 is 9.59 Å². The average Bonchev–Trinajstić information content (AvgIpc) is 3.11. The standard InChI is InChI=1S/C20H24N4O2/c1-14-9-10-17(23-20(26)22-15-6-3-2-4-7-15)12-18(14)24-19(25)13-16-8-5-11-21-16/h2-4,6-7,9-10,12,16,21H,5,8,11,13H2,1H3,(H,24,25)(H2,22,23,26). The molecule has 1 fully saturated rings. The van der Waals surface area contributed by atoms with Gasteiger partial charge in [0.05, 0.1) is 0 Å². The monoisotopic (exact) mass is 352 g/mol. The Balaban J connectivity index is 1.59. The summed E-state index contributed by atoms with van der Waals surface area (Å²) in [6.07, 6.45) is 2.62. The quantitative estimate of drug-likeness (QED) is 0.662. The summed E-state index contributed by atoms with van der Waals surface area (Å²) >= 11 is 0. The fraction of sp³-hybridized carbons (Fsp3) is 0.300. The maximum atomic E-state index is 12.2. The molecule has 1 saturated heterocycles. The zero-order valence-electron chi connectivity index (χ0n) is 14.8. The third-order valence-electron chi connectivity index (χ3n) is 4.40. The van der Waals surface area contributed by atoms with Crippen LogP contribution in [-0.4, -0.2) is 24.5 Å². The van der Waals surface area contributed by atoms with Crippen molar-refractivity contribution in [3.63, 3.8) is 0 Å². The van der Waals surface area contributed by atoms with E-state index in [0.717, 1.165) is 30.6 Å². The second kappa shape index (κ2) is 8.49. The fourth-order valence-corrected chi connectivity index (χ4v) is 3.01. The molecule has 1 heterocycles. The predicted molar refractivity (Wildman–Crippen MR) is 105 cm³/mol. The summed E-state index contributed by atoms with van der Waals surface area (Å²) in [6, 6.07) is 14.6. The molecule has 2 aromatic carbocycles. The number of carbonyl (C=O) groups is 2. The maximum absolute atomic E-state index is 12.2. The van der Waals surface area contributed by atoms with Gasteiger partial charge in [0.25, 0.3) is 0 Å². The van der Waals surface area contributed by atoms with Gasteiger partial charge >= 0.3 is 6.03 Å². The molecule has 136 valence electrons. The number of aryl methyl sites for hydroxylation is 1. The topological polar surface area (TPSA) is 82.3 Å². The second-order valence-electron chi connectivity index (χ2n) is 6.52. The van der Waals surface area contributed by atoms with Crippen LogP contribution in [0.3, 0.4) is 0 Å². The van der Waals surface area contributed by atoms with Crippen LogP contribution >= 0.6 is 0 Å². The van der Waals surface area contributed by atoms with Gasteiger partial charge in [-0.05, 0) is 56.1 Å². The Kier molecular flexibility index (Phi) is 5.86. The number of hydrogen-bond donors (Lipinski definition) is 4. The lowest BCUT2D eigenvalue weighted by Crippen LogP contribution is -2.27. The number of urea groups is 1. The highest BCUT2D eigenvalue weighted by molar-refractivity contribution is 6.00. The number of rotatable bonds is 5. The van der Waals surface area contributed by atoms with E-state index in [2.05, 4.69) is 21.3 Å². The number of hydrogen-bond acceptors (Lipinski definition) is 3. The van der Waals surface area contributed by atoms with E-state index in [4.69, 9.17) is 0 Å². The van der Waals surface area contributed by atoms with E-state index in [1.54, 1.807) is 6.07 Å². The van der Waals surface area contributed by atoms with E-state index in [1.165, 1.54) is 0 Å². The number of nitrogens with one attached hydrogen (secondary N) is 4. The van der Waals surface area contributed by atoms with Gasteiger partial charge in [-0.25, -0.2) is 4.79 Å². The molecule has 26 heavy (non-hydrogen) atoms. The zero-order valence-corrected chi connectivity index (χ0v) is 14.8. The first-order chi connectivity index (χ1) is 12.6. The molecule has 3 amide bonds. The van der Waals surface area contributed by atoms with Crippen molar-refractivity contribution >= 4 is 29.0 Å². The minimum atomic E-state index is -0.326. The smallest absolute Gasteiger partial charge is 0.323 e. The third-order valence-corrected chi connectivity index (χ3v) is 4.40. The molecule has 0 radical (unpaired) electrons. The van der Waals surface area contributed by atoms with E-state index in [0.29, 0.717) is 17.8 Å². The van der Waals surface area contributed by atoms with Crippen molar-refractivity contribution in [3.05, 3.63) is 54.1 Å². The molecule has 6 nitrogen and oxygen atoms in total. The Labute approximate surface area is 153 Å². The molecule has 2 aromatic rings. The normalized spacial score (nSPS) is 16.1. The minimum absolute atomic E-state index is 0.0154. The highest BCUT2D eigenvalue weighted by Crippen LogP contribution is 2.21. The molecule has 0 aromatic heterocycles. The molecule has 4 N–H and O–H groups in total. The van der Waals surface area contributed by atoms with Gasteiger partial charge in [0.15, 0.2) is 0 Å². The van der Waals surface area contributed by atoms with Crippen LogP contribution < -0.4 is 21.3 Å². The summed E-state index contributed by atoms with van der Waals surface area (Å²) in [5.41, 5.74) is 3.00. The van der Waals surface area contributed by atoms with Crippen LogP contribution in [0.1, 0.15) is 24.8 Å². The Hall–Kier alpha value is -2.86. The van der Waals surface area contributed by atoms with Crippen LogP contribution in [0.25, 0.3) is 0 Å². The van der Waals surface area contributed by atoms with Gasteiger partial charge in [-0.15, -0.1) is 0 Å². The molecule has 0 bridgehead atoms. The molecule has 1 aliphatic rings. The van der Waals surface area contributed by atoms with Crippen LogP contribution in [0.4, 0.5) is 21.9 Å². The highest BCUT2D eigenvalue weighted by atomic mass is 16.2. The van der Waals surface area contributed by atoms with E-state index < -0.39 is 0 Å². The molecule has 0 saturated carbocycles. The van der Waals surface area contributed by atoms with Gasteiger partial charge in [-0.1, -0.05) is 24.3 Å². The molecule has 1 atom stereocenters. The summed E-state index contributed by atoms with van der Waals surface area (Å²) in [6.45, 7) is 2.91. The van der Waals surface area contributed by atoms with E-state index in [1.807, 2.05) is 49.4 Å². The SMILES string of the molecule is Cc1ccc(NC(=O)Nc2ccccc2)cc1NC(=O)CC1CCCN1. The van der Waals surface area contributed by atoms with E-state index >= 15 is 0 Å². The van der Waals surface area contributed by atoms with Crippen molar-refractivity contribution in [2.75, 3.05) is 22.5 Å². The molecule has 0 spiro atoms. The average molecular weight is 352 g/mol. The van der Waals surface area contributed by atoms with Gasteiger partial charge in [0.2, 0.25) is 5.91 Å². The molecule has 1 aliphatic heterocycles. The number of para-hydroxylation sites is 1. The zero-order chi connectivity index (χ0) is 18.4. The lowest BCUT2D eigenvalue weighted by atomic mass is 10.1. The lowest BCUT2D eigenvalue weighted by Gasteiger charge is -2.14. The minimum Gasteiger partial charge on any atom is -0.326 e. The van der Waals surface area contributed by atoms with Crippen molar-refractivity contribution in [1.29, 1.82) is 0 Å². The summed E-state index contributed by atoms with van der Waals surface area (Å²) in [5, 5.41) is 11.8. The summed E-state index contributed by atoms with van der Waals surface area (Å²) in [7, 11) is 0. The predicted octanol–water partition coefficient (Wildman–Crippen LogP) is 3.72. The first-order valence-corrected chi connectivity index (χ1v) is 8.87. The molecule has 0 aliphatic carbocycles. The van der Waals surface area contributed by atoms with Crippen LogP contribution in [0, 0.1) is 6.92 Å². The third kappa shape index (κ3) is 5.07. The molecular formula is C20H24N4O2. The summed E-state index contributed by atoms with van der Waals surface area (Å²) < 4.78 is 0. The van der Waals surface area contributed by atoms with Crippen molar-refractivity contribution in [3.8, 4) is 0 Å². The maximum Gasteiger partial charge on any atom is 0.323 e. The molecular weight excluding hydrogens is 328 g/mol. The fourth-order valence-electron chi connectivity index (χ4n) is 3.01. The first kappa shape index (κ1) is 17.9. The van der Waals surface area contributed by atoms with Crippen molar-refractivity contribution in [2.45, 2.75) is 32.2 Å². The number of anilines is 3. The summed E-state index contributed by atoms with van der Waals surface area (Å²) in [4.78, 5) is 24.4. The van der Waals surface area contributed by atoms with E-state index in [9.17, 15) is 9.59 Å². The van der Waals surface area contributed by atoms with Crippen molar-refractivity contribution in [2.24, 2.45) is 0 Å². The van der Waals surface area contributed by atoms with Crippen LogP contribution in [0.5, 0.6) is 0 Å². The van der Waals surface area contributed by atoms with Crippen LogP contribution in [0.15, 0.2) is 48.5 Å². The van der Waals surface area contributed by atoms with Gasteiger partial charge < -0.3 is 21.3 Å². The summed E-state index contributed by atoms with van der Waals surface area (Å²) in [5.74, 6) is -0.0154. The van der Waals surface area contributed by atoms with Crippen LogP contribution in [0.2, 0.25) is 0 Å². The first-order valence-electron chi connectivity index (χ1n) is 8.87. The second-order valence-corrected chi connectivity index (χ2v) is 6.52. The van der Waals surface area contributed by atoms with Gasteiger partial charge in [-0.2, -0.15) is 0 Å². The number of carbonyl (C=O) groups excluding carboxylic acids is 2. The Bertz CT molecular complexity index is 771. The van der Waals surface area contributed by atoms with Gasteiger partial charge in [0.1, 0.15) is 0 Å². The highest BCUT2D eigenvalue weighted by Gasteiger charge is 2.18. The Morgan fingerprint density at radius 1 is 1.04 bits per heavy atom.